The molecule has 1 atom stereocenters. The largest absolute Gasteiger partial charge is 0.334 e. The lowest BCUT2D eigenvalue weighted by Gasteiger charge is -2.25. The third-order valence-corrected chi connectivity index (χ3v) is 3.87. The van der Waals surface area contributed by atoms with Crippen LogP contribution in [0.4, 0.5) is 4.79 Å². The highest BCUT2D eigenvalue weighted by atomic mass is 16.2. The zero-order valence-corrected chi connectivity index (χ0v) is 11.9. The van der Waals surface area contributed by atoms with E-state index in [9.17, 15) is 4.79 Å². The van der Waals surface area contributed by atoms with Gasteiger partial charge in [-0.1, -0.05) is 36.4 Å². The summed E-state index contributed by atoms with van der Waals surface area (Å²) in [5, 5.41) is 3.01. The molecule has 3 rings (SSSR count). The number of hydrogen-bond donors (Lipinski definition) is 1. The first-order valence-corrected chi connectivity index (χ1v) is 7.33. The van der Waals surface area contributed by atoms with Crippen molar-refractivity contribution in [2.75, 3.05) is 6.54 Å². The third kappa shape index (κ3) is 3.21. The minimum Gasteiger partial charge on any atom is -0.334 e. The Kier molecular flexibility index (Phi) is 4.15. The quantitative estimate of drug-likeness (QED) is 0.939. The number of carbonyl (C=O) groups excluding carboxylic acids is 1. The molecule has 0 aliphatic carbocycles. The average molecular weight is 281 g/mol. The number of carbonyl (C=O) groups is 1. The molecule has 1 N–H and O–H groups in total. The van der Waals surface area contributed by atoms with Gasteiger partial charge in [0.05, 0.1) is 6.04 Å². The standard InChI is InChI=1S/C17H19N3O/c21-17(19-12-14-6-2-1-3-7-14)20-11-5-9-16(20)15-8-4-10-18-13-15/h1-4,6-8,10,13,16H,5,9,11-12H2,(H,19,21)/t16-/m1/s1. The number of urea groups is 1. The molecule has 1 saturated heterocycles. The summed E-state index contributed by atoms with van der Waals surface area (Å²) in [6, 6.07) is 14.1. The maximum absolute atomic E-state index is 12.4. The number of rotatable bonds is 3. The SMILES string of the molecule is O=C(NCc1ccccc1)N1CCC[C@@H]1c1cccnc1. The molecular weight excluding hydrogens is 262 g/mol. The molecule has 108 valence electrons. The van der Waals surface area contributed by atoms with Gasteiger partial charge >= 0.3 is 6.03 Å². The molecule has 2 aromatic rings. The molecule has 2 amide bonds. The predicted molar refractivity (Wildman–Crippen MR) is 81.6 cm³/mol. The highest BCUT2D eigenvalue weighted by Gasteiger charge is 2.29. The van der Waals surface area contributed by atoms with Crippen LogP contribution in [0.1, 0.15) is 30.0 Å². The van der Waals surface area contributed by atoms with Crippen LogP contribution in [0.5, 0.6) is 0 Å². The Morgan fingerprint density at radius 3 is 2.86 bits per heavy atom. The average Bonchev–Trinajstić information content (AvgIpc) is 3.04. The summed E-state index contributed by atoms with van der Waals surface area (Å²) < 4.78 is 0. The van der Waals surface area contributed by atoms with Crippen molar-refractivity contribution in [3.63, 3.8) is 0 Å². The first kappa shape index (κ1) is 13.6. The second-order valence-corrected chi connectivity index (χ2v) is 5.28. The highest BCUT2D eigenvalue weighted by Crippen LogP contribution is 2.31. The van der Waals surface area contributed by atoms with Gasteiger partial charge in [-0.2, -0.15) is 0 Å². The first-order valence-electron chi connectivity index (χ1n) is 7.33. The fraction of sp³-hybridized carbons (Fsp3) is 0.294. The number of likely N-dealkylation sites (tertiary alicyclic amines) is 1. The maximum Gasteiger partial charge on any atom is 0.318 e. The molecule has 1 aliphatic heterocycles. The van der Waals surface area contributed by atoms with Crippen LogP contribution in [0.15, 0.2) is 54.9 Å². The Morgan fingerprint density at radius 1 is 1.24 bits per heavy atom. The first-order chi connectivity index (χ1) is 10.3. The molecule has 2 heterocycles. The van der Waals surface area contributed by atoms with Gasteiger partial charge in [0.15, 0.2) is 0 Å². The molecule has 21 heavy (non-hydrogen) atoms. The van der Waals surface area contributed by atoms with Gasteiger partial charge in [-0.3, -0.25) is 4.98 Å². The monoisotopic (exact) mass is 281 g/mol. The number of nitrogens with zero attached hydrogens (tertiary/aromatic N) is 2. The lowest BCUT2D eigenvalue weighted by molar-refractivity contribution is 0.192. The smallest absolute Gasteiger partial charge is 0.318 e. The third-order valence-electron chi connectivity index (χ3n) is 3.87. The van der Waals surface area contributed by atoms with Crippen molar-refractivity contribution in [1.29, 1.82) is 0 Å². The fourth-order valence-corrected chi connectivity index (χ4v) is 2.80. The summed E-state index contributed by atoms with van der Waals surface area (Å²) in [6.45, 7) is 1.37. The summed E-state index contributed by atoms with van der Waals surface area (Å²) in [6.07, 6.45) is 5.66. The number of nitrogens with one attached hydrogen (secondary N) is 1. The van der Waals surface area contributed by atoms with E-state index in [1.165, 1.54) is 0 Å². The zero-order chi connectivity index (χ0) is 14.5. The van der Waals surface area contributed by atoms with E-state index in [4.69, 9.17) is 0 Å². The van der Waals surface area contributed by atoms with Gasteiger partial charge in [-0.25, -0.2) is 4.79 Å². The van der Waals surface area contributed by atoms with Crippen LogP contribution in [-0.2, 0) is 6.54 Å². The van der Waals surface area contributed by atoms with Gasteiger partial charge in [0, 0.05) is 25.5 Å². The molecule has 4 heteroatoms. The second kappa shape index (κ2) is 6.39. The molecular formula is C17H19N3O. The van der Waals surface area contributed by atoms with E-state index in [2.05, 4.69) is 10.3 Å². The van der Waals surface area contributed by atoms with Crippen LogP contribution < -0.4 is 5.32 Å². The van der Waals surface area contributed by atoms with E-state index in [1.807, 2.05) is 53.6 Å². The van der Waals surface area contributed by atoms with Crippen molar-refractivity contribution >= 4 is 6.03 Å². The lowest BCUT2D eigenvalue weighted by Crippen LogP contribution is -2.39. The van der Waals surface area contributed by atoms with Crippen LogP contribution in [0.3, 0.4) is 0 Å². The molecule has 1 fully saturated rings. The van der Waals surface area contributed by atoms with Crippen LogP contribution in [0.2, 0.25) is 0 Å². The molecule has 0 unspecified atom stereocenters. The van der Waals surface area contributed by atoms with Gasteiger partial charge in [0.2, 0.25) is 0 Å². The van der Waals surface area contributed by atoms with Gasteiger partial charge in [0.1, 0.15) is 0 Å². The van der Waals surface area contributed by atoms with Gasteiger partial charge in [-0.15, -0.1) is 0 Å². The second-order valence-electron chi connectivity index (χ2n) is 5.28. The number of amides is 2. The molecule has 1 aromatic carbocycles. The van der Waals surface area contributed by atoms with Crippen LogP contribution in [0.25, 0.3) is 0 Å². The van der Waals surface area contributed by atoms with E-state index in [0.29, 0.717) is 6.54 Å². The predicted octanol–water partition coefficient (Wildman–Crippen LogP) is 3.13. The Morgan fingerprint density at radius 2 is 2.10 bits per heavy atom. The van der Waals surface area contributed by atoms with E-state index < -0.39 is 0 Å². The van der Waals surface area contributed by atoms with E-state index in [-0.39, 0.29) is 12.1 Å². The summed E-state index contributed by atoms with van der Waals surface area (Å²) >= 11 is 0. The van der Waals surface area contributed by atoms with Crippen molar-refractivity contribution in [2.24, 2.45) is 0 Å². The molecule has 0 spiro atoms. The molecule has 1 aliphatic rings. The van der Waals surface area contributed by atoms with Crippen molar-refractivity contribution in [3.05, 3.63) is 66.0 Å². The fourth-order valence-electron chi connectivity index (χ4n) is 2.80. The van der Waals surface area contributed by atoms with E-state index in [0.717, 1.165) is 30.5 Å². The van der Waals surface area contributed by atoms with Gasteiger partial charge in [-0.05, 0) is 30.0 Å². The van der Waals surface area contributed by atoms with Crippen LogP contribution in [0, 0.1) is 0 Å². The summed E-state index contributed by atoms with van der Waals surface area (Å²) in [4.78, 5) is 18.5. The van der Waals surface area contributed by atoms with E-state index >= 15 is 0 Å². The number of benzene rings is 1. The van der Waals surface area contributed by atoms with E-state index in [1.54, 1.807) is 6.20 Å². The summed E-state index contributed by atoms with van der Waals surface area (Å²) in [5.41, 5.74) is 2.23. The van der Waals surface area contributed by atoms with Gasteiger partial charge in [0.25, 0.3) is 0 Å². The molecule has 0 saturated carbocycles. The van der Waals surface area contributed by atoms with Crippen molar-refractivity contribution < 1.29 is 4.79 Å². The topological polar surface area (TPSA) is 45.2 Å². The number of hydrogen-bond acceptors (Lipinski definition) is 2. The maximum atomic E-state index is 12.4. The number of aromatic nitrogens is 1. The Hall–Kier alpha value is -2.36. The number of pyridine rings is 1. The molecule has 1 aromatic heterocycles. The molecule has 4 nitrogen and oxygen atoms in total. The lowest BCUT2D eigenvalue weighted by atomic mass is 10.1. The highest BCUT2D eigenvalue weighted by molar-refractivity contribution is 5.75. The van der Waals surface area contributed by atoms with Crippen LogP contribution >= 0.6 is 0 Å². The Labute approximate surface area is 124 Å². The zero-order valence-electron chi connectivity index (χ0n) is 11.9. The van der Waals surface area contributed by atoms with Crippen molar-refractivity contribution in [2.45, 2.75) is 25.4 Å². The van der Waals surface area contributed by atoms with Crippen molar-refractivity contribution in [3.8, 4) is 0 Å². The minimum atomic E-state index is 0.00482. The Bertz CT molecular complexity index is 585. The minimum absolute atomic E-state index is 0.00482. The summed E-state index contributed by atoms with van der Waals surface area (Å²) in [5.74, 6) is 0. The van der Waals surface area contributed by atoms with Crippen molar-refractivity contribution in [1.82, 2.24) is 15.2 Å². The normalized spacial score (nSPS) is 17.7. The van der Waals surface area contributed by atoms with Crippen LogP contribution in [-0.4, -0.2) is 22.5 Å². The molecule has 0 bridgehead atoms. The molecule has 0 radical (unpaired) electrons. The van der Waals surface area contributed by atoms with Gasteiger partial charge < -0.3 is 10.2 Å². The Balaban J connectivity index is 1.64. The summed E-state index contributed by atoms with van der Waals surface area (Å²) in [7, 11) is 0.